The number of esters is 1. The lowest BCUT2D eigenvalue weighted by Gasteiger charge is -2.19. The van der Waals surface area contributed by atoms with Crippen LogP contribution in [-0.2, 0) is 10.2 Å². The number of nitrogen functional groups attached to an aromatic ring is 1. The van der Waals surface area contributed by atoms with Crippen LogP contribution in [0.5, 0.6) is 0 Å². The lowest BCUT2D eigenvalue weighted by molar-refractivity contribution is 0.0601. The van der Waals surface area contributed by atoms with Crippen LogP contribution in [0.2, 0.25) is 0 Å². The first kappa shape index (κ1) is 17.0. The maximum Gasteiger partial charge on any atom is 0.337 e. The van der Waals surface area contributed by atoms with Gasteiger partial charge in [0.15, 0.2) is 0 Å². The zero-order valence-electron chi connectivity index (χ0n) is 15.0. The van der Waals surface area contributed by atoms with E-state index < -0.39 is 0 Å². The number of hydrogen-bond acceptors (Lipinski definition) is 4. The zero-order chi connectivity index (χ0) is 18.2. The van der Waals surface area contributed by atoms with E-state index in [1.165, 1.54) is 12.7 Å². The first-order valence-electron chi connectivity index (χ1n) is 8.19. The third-order valence-corrected chi connectivity index (χ3v) is 4.31. The number of nitrogens with zero attached hydrogens (tertiary/aromatic N) is 1. The number of ether oxygens (including phenoxy) is 1. The molecule has 128 valence electrons. The van der Waals surface area contributed by atoms with Crippen molar-refractivity contribution in [3.8, 4) is 11.3 Å². The SMILES string of the molecule is COC(=O)c1ccc2c(N)cc(-c3ccc(C(C)(C)C)cc3)nc2c1. The van der Waals surface area contributed by atoms with Crippen molar-refractivity contribution in [2.24, 2.45) is 0 Å². The molecule has 0 radical (unpaired) electrons. The summed E-state index contributed by atoms with van der Waals surface area (Å²) >= 11 is 0. The van der Waals surface area contributed by atoms with Crippen LogP contribution in [-0.4, -0.2) is 18.1 Å². The van der Waals surface area contributed by atoms with E-state index in [1.807, 2.05) is 6.07 Å². The van der Waals surface area contributed by atoms with Gasteiger partial charge < -0.3 is 10.5 Å². The Kier molecular flexibility index (Phi) is 4.21. The van der Waals surface area contributed by atoms with E-state index in [0.29, 0.717) is 16.8 Å². The molecule has 3 rings (SSSR count). The molecule has 25 heavy (non-hydrogen) atoms. The summed E-state index contributed by atoms with van der Waals surface area (Å²) in [5.74, 6) is -0.387. The smallest absolute Gasteiger partial charge is 0.337 e. The van der Waals surface area contributed by atoms with E-state index in [-0.39, 0.29) is 11.4 Å². The summed E-state index contributed by atoms with van der Waals surface area (Å²) in [6.45, 7) is 6.55. The standard InChI is InChI=1S/C21H22N2O2/c1-21(2,3)15-8-5-13(6-9-15)18-12-17(22)16-10-7-14(20(24)25-4)11-19(16)23-18/h5-12H,1-4H3,(H2,22,23). The normalized spacial score (nSPS) is 11.5. The lowest BCUT2D eigenvalue weighted by Crippen LogP contribution is -2.10. The van der Waals surface area contributed by atoms with Gasteiger partial charge in [-0.15, -0.1) is 0 Å². The number of fused-ring (bicyclic) bond motifs is 1. The molecule has 2 N–H and O–H groups in total. The summed E-state index contributed by atoms with van der Waals surface area (Å²) in [5, 5.41) is 0.822. The molecule has 4 nitrogen and oxygen atoms in total. The van der Waals surface area contributed by atoms with Gasteiger partial charge >= 0.3 is 5.97 Å². The molecule has 2 aromatic carbocycles. The zero-order valence-corrected chi connectivity index (χ0v) is 15.0. The minimum absolute atomic E-state index is 0.101. The van der Waals surface area contributed by atoms with Gasteiger partial charge in [-0.05, 0) is 35.2 Å². The van der Waals surface area contributed by atoms with Gasteiger partial charge in [-0.1, -0.05) is 45.0 Å². The fourth-order valence-corrected chi connectivity index (χ4v) is 2.79. The molecular formula is C21H22N2O2. The van der Waals surface area contributed by atoms with Crippen LogP contribution >= 0.6 is 0 Å². The number of rotatable bonds is 2. The number of nitrogens with two attached hydrogens (primary N) is 1. The topological polar surface area (TPSA) is 65.2 Å². The Balaban J connectivity index is 2.09. The number of methoxy groups -OCH3 is 1. The van der Waals surface area contributed by atoms with Gasteiger partial charge in [-0.25, -0.2) is 9.78 Å². The Labute approximate surface area is 147 Å². The quantitative estimate of drug-likeness (QED) is 0.697. The second-order valence-electron chi connectivity index (χ2n) is 7.15. The van der Waals surface area contributed by atoms with Crippen LogP contribution in [0.15, 0.2) is 48.5 Å². The number of benzene rings is 2. The minimum Gasteiger partial charge on any atom is -0.465 e. The predicted molar refractivity (Wildman–Crippen MR) is 102 cm³/mol. The van der Waals surface area contributed by atoms with E-state index in [4.69, 9.17) is 10.5 Å². The number of hydrogen-bond donors (Lipinski definition) is 1. The highest BCUT2D eigenvalue weighted by Crippen LogP contribution is 2.29. The molecule has 0 amide bonds. The lowest BCUT2D eigenvalue weighted by atomic mass is 9.86. The fourth-order valence-electron chi connectivity index (χ4n) is 2.79. The molecule has 0 atom stereocenters. The molecule has 0 aliphatic carbocycles. The first-order chi connectivity index (χ1) is 11.8. The van der Waals surface area contributed by atoms with Crippen molar-refractivity contribution >= 4 is 22.6 Å². The average Bonchev–Trinajstić information content (AvgIpc) is 2.59. The van der Waals surface area contributed by atoms with E-state index in [0.717, 1.165) is 16.6 Å². The number of pyridine rings is 1. The number of carbonyl (C=O) groups excluding carboxylic acids is 1. The molecule has 0 bridgehead atoms. The molecule has 4 heteroatoms. The summed E-state index contributed by atoms with van der Waals surface area (Å²) < 4.78 is 4.78. The third-order valence-electron chi connectivity index (χ3n) is 4.31. The van der Waals surface area contributed by atoms with E-state index >= 15 is 0 Å². The second-order valence-corrected chi connectivity index (χ2v) is 7.15. The molecule has 3 aromatic rings. The van der Waals surface area contributed by atoms with Crippen LogP contribution < -0.4 is 5.73 Å². The highest BCUT2D eigenvalue weighted by molar-refractivity contribution is 5.98. The van der Waals surface area contributed by atoms with Gasteiger partial charge in [-0.2, -0.15) is 0 Å². The molecular weight excluding hydrogens is 312 g/mol. The van der Waals surface area contributed by atoms with Crippen LogP contribution in [0, 0.1) is 0 Å². The molecule has 0 unspecified atom stereocenters. The number of aromatic nitrogens is 1. The molecule has 0 spiro atoms. The molecule has 1 aromatic heterocycles. The number of anilines is 1. The van der Waals surface area contributed by atoms with E-state index in [2.05, 4.69) is 50.0 Å². The van der Waals surface area contributed by atoms with Crippen molar-refractivity contribution in [3.63, 3.8) is 0 Å². The van der Waals surface area contributed by atoms with Crippen LogP contribution in [0.4, 0.5) is 5.69 Å². The highest BCUT2D eigenvalue weighted by Gasteiger charge is 2.14. The molecule has 1 heterocycles. The molecule has 0 aliphatic rings. The summed E-state index contributed by atoms with van der Waals surface area (Å²) in [6.07, 6.45) is 0. The van der Waals surface area contributed by atoms with E-state index in [1.54, 1.807) is 18.2 Å². The van der Waals surface area contributed by atoms with Crippen molar-refractivity contribution in [2.75, 3.05) is 12.8 Å². The van der Waals surface area contributed by atoms with Gasteiger partial charge in [0.1, 0.15) is 0 Å². The second kappa shape index (κ2) is 6.20. The Morgan fingerprint density at radius 3 is 2.32 bits per heavy atom. The van der Waals surface area contributed by atoms with Crippen molar-refractivity contribution in [2.45, 2.75) is 26.2 Å². The number of carbonyl (C=O) groups is 1. The molecule has 0 saturated carbocycles. The maximum absolute atomic E-state index is 11.7. The average molecular weight is 334 g/mol. The summed E-state index contributed by atoms with van der Waals surface area (Å²) in [6, 6.07) is 15.4. The predicted octanol–water partition coefficient (Wildman–Crippen LogP) is 4.57. The molecule has 0 saturated heterocycles. The third kappa shape index (κ3) is 3.33. The largest absolute Gasteiger partial charge is 0.465 e. The van der Waals surface area contributed by atoms with Crippen molar-refractivity contribution in [1.29, 1.82) is 0 Å². The Morgan fingerprint density at radius 1 is 1.04 bits per heavy atom. The van der Waals surface area contributed by atoms with Crippen molar-refractivity contribution < 1.29 is 9.53 Å². The van der Waals surface area contributed by atoms with Crippen molar-refractivity contribution in [1.82, 2.24) is 4.98 Å². The van der Waals surface area contributed by atoms with E-state index in [9.17, 15) is 4.79 Å². The minimum atomic E-state index is -0.387. The fraction of sp³-hybridized carbons (Fsp3) is 0.238. The highest BCUT2D eigenvalue weighted by atomic mass is 16.5. The summed E-state index contributed by atoms with van der Waals surface area (Å²) in [7, 11) is 1.36. The molecule has 0 fully saturated rings. The maximum atomic E-state index is 11.7. The summed E-state index contributed by atoms with van der Waals surface area (Å²) in [5.41, 5.74) is 11.1. The van der Waals surface area contributed by atoms with Gasteiger partial charge in [-0.3, -0.25) is 0 Å². The molecule has 0 aliphatic heterocycles. The first-order valence-corrected chi connectivity index (χ1v) is 8.19. The van der Waals surface area contributed by atoms with Gasteiger partial charge in [0.2, 0.25) is 0 Å². The van der Waals surface area contributed by atoms with Crippen molar-refractivity contribution in [3.05, 3.63) is 59.7 Å². The van der Waals surface area contributed by atoms with Gasteiger partial charge in [0.05, 0.1) is 23.9 Å². The van der Waals surface area contributed by atoms with Crippen LogP contribution in [0.1, 0.15) is 36.7 Å². The summed E-state index contributed by atoms with van der Waals surface area (Å²) in [4.78, 5) is 16.4. The Morgan fingerprint density at radius 2 is 1.72 bits per heavy atom. The van der Waals surface area contributed by atoms with Crippen LogP contribution in [0.3, 0.4) is 0 Å². The van der Waals surface area contributed by atoms with Gasteiger partial charge in [0.25, 0.3) is 0 Å². The van der Waals surface area contributed by atoms with Crippen LogP contribution in [0.25, 0.3) is 22.2 Å². The Bertz CT molecular complexity index is 939. The Hall–Kier alpha value is -2.88. The monoisotopic (exact) mass is 334 g/mol. The van der Waals surface area contributed by atoms with Gasteiger partial charge in [0, 0.05) is 16.6 Å².